The van der Waals surface area contributed by atoms with E-state index in [4.69, 9.17) is 15.2 Å². The van der Waals surface area contributed by atoms with Gasteiger partial charge in [-0.25, -0.2) is 4.39 Å². The van der Waals surface area contributed by atoms with Crippen LogP contribution in [0.15, 0.2) is 12.1 Å². The molecule has 96 valence electrons. The Bertz CT molecular complexity index is 372. The van der Waals surface area contributed by atoms with Crippen molar-refractivity contribution in [3.8, 4) is 5.75 Å². The number of nitrogens with one attached hydrogen (secondary N) is 1. The molecule has 1 aromatic carbocycles. The first-order valence-corrected chi connectivity index (χ1v) is 5.46. The van der Waals surface area contributed by atoms with Gasteiger partial charge in [0.2, 0.25) is 0 Å². The number of hydrogen-bond acceptors (Lipinski definition) is 4. The van der Waals surface area contributed by atoms with Crippen molar-refractivity contribution in [2.75, 3.05) is 26.5 Å². The lowest BCUT2D eigenvalue weighted by Crippen LogP contribution is -2.20. The maximum absolute atomic E-state index is 13.8. The summed E-state index contributed by atoms with van der Waals surface area (Å²) in [6.07, 6.45) is -0.214. The van der Waals surface area contributed by atoms with Gasteiger partial charge in [-0.15, -0.1) is 0 Å². The lowest BCUT2D eigenvalue weighted by molar-refractivity contribution is 0.0885. The highest BCUT2D eigenvalue weighted by molar-refractivity contribution is 5.49. The zero-order chi connectivity index (χ0) is 12.8. The van der Waals surface area contributed by atoms with Crippen LogP contribution >= 0.6 is 0 Å². The highest BCUT2D eigenvalue weighted by Crippen LogP contribution is 2.26. The summed E-state index contributed by atoms with van der Waals surface area (Å²) in [6, 6.07) is 2.96. The fourth-order valence-electron chi connectivity index (χ4n) is 1.60. The first-order chi connectivity index (χ1) is 8.08. The molecule has 0 fully saturated rings. The molecular weight excluding hydrogens is 223 g/mol. The Hall–Kier alpha value is -1.33. The number of nitrogens with two attached hydrogens (primary N) is 1. The minimum atomic E-state index is -0.446. The minimum absolute atomic E-state index is 0.214. The van der Waals surface area contributed by atoms with E-state index in [-0.39, 0.29) is 11.9 Å². The van der Waals surface area contributed by atoms with Crippen molar-refractivity contribution in [3.63, 3.8) is 0 Å². The zero-order valence-electron chi connectivity index (χ0n) is 10.4. The van der Waals surface area contributed by atoms with Gasteiger partial charge in [-0.1, -0.05) is 0 Å². The Balaban J connectivity index is 2.95. The molecule has 1 rings (SSSR count). The monoisotopic (exact) mass is 242 g/mol. The number of nitrogen functional groups attached to an aromatic ring is 1. The maximum atomic E-state index is 13.8. The van der Waals surface area contributed by atoms with Gasteiger partial charge >= 0.3 is 0 Å². The van der Waals surface area contributed by atoms with Crippen LogP contribution in [0.5, 0.6) is 5.75 Å². The van der Waals surface area contributed by atoms with Crippen LogP contribution in [-0.4, -0.2) is 26.9 Å². The van der Waals surface area contributed by atoms with E-state index in [2.05, 4.69) is 5.32 Å². The SMILES string of the molecule is CNCc1cc(N)cc(F)c1OC(C)COC. The van der Waals surface area contributed by atoms with Gasteiger partial charge in [0.1, 0.15) is 6.10 Å². The summed E-state index contributed by atoms with van der Waals surface area (Å²) >= 11 is 0. The van der Waals surface area contributed by atoms with Crippen LogP contribution in [0.4, 0.5) is 10.1 Å². The number of rotatable bonds is 6. The predicted molar refractivity (Wildman–Crippen MR) is 65.5 cm³/mol. The highest BCUT2D eigenvalue weighted by Gasteiger charge is 2.14. The lowest BCUT2D eigenvalue weighted by Gasteiger charge is -2.18. The largest absolute Gasteiger partial charge is 0.485 e. The third-order valence-corrected chi connectivity index (χ3v) is 2.23. The molecule has 0 aliphatic rings. The zero-order valence-corrected chi connectivity index (χ0v) is 10.4. The molecule has 0 radical (unpaired) electrons. The van der Waals surface area contributed by atoms with Crippen molar-refractivity contribution in [2.45, 2.75) is 19.6 Å². The summed E-state index contributed by atoms with van der Waals surface area (Å²) in [5.41, 5.74) is 6.69. The summed E-state index contributed by atoms with van der Waals surface area (Å²) in [6.45, 7) is 2.72. The fourth-order valence-corrected chi connectivity index (χ4v) is 1.60. The minimum Gasteiger partial charge on any atom is -0.485 e. The van der Waals surface area contributed by atoms with Gasteiger partial charge < -0.3 is 20.5 Å². The maximum Gasteiger partial charge on any atom is 0.167 e. The highest BCUT2D eigenvalue weighted by atomic mass is 19.1. The van der Waals surface area contributed by atoms with Crippen LogP contribution in [-0.2, 0) is 11.3 Å². The van der Waals surface area contributed by atoms with E-state index >= 15 is 0 Å². The second-order valence-electron chi connectivity index (χ2n) is 3.91. The van der Waals surface area contributed by atoms with Crippen LogP contribution < -0.4 is 15.8 Å². The number of ether oxygens (including phenoxy) is 2. The Labute approximate surface area is 101 Å². The number of hydrogen-bond donors (Lipinski definition) is 2. The number of halogens is 1. The second kappa shape index (κ2) is 6.42. The predicted octanol–water partition coefficient (Wildman–Crippen LogP) is 1.54. The molecule has 0 saturated carbocycles. The number of methoxy groups -OCH3 is 1. The van der Waals surface area contributed by atoms with E-state index in [0.717, 1.165) is 0 Å². The summed E-state index contributed by atoms with van der Waals surface area (Å²) in [7, 11) is 3.36. The lowest BCUT2D eigenvalue weighted by atomic mass is 10.1. The number of benzene rings is 1. The van der Waals surface area contributed by atoms with Crippen molar-refractivity contribution in [3.05, 3.63) is 23.5 Å². The quantitative estimate of drug-likeness (QED) is 0.743. The summed E-state index contributed by atoms with van der Waals surface area (Å²) < 4.78 is 24.2. The van der Waals surface area contributed by atoms with Crippen molar-refractivity contribution in [2.24, 2.45) is 0 Å². The Morgan fingerprint density at radius 2 is 2.18 bits per heavy atom. The average molecular weight is 242 g/mol. The molecule has 17 heavy (non-hydrogen) atoms. The Kier molecular flexibility index (Phi) is 5.18. The van der Waals surface area contributed by atoms with E-state index in [1.54, 1.807) is 20.2 Å². The van der Waals surface area contributed by atoms with Gasteiger partial charge in [-0.05, 0) is 20.0 Å². The summed E-state index contributed by atoms with van der Waals surface area (Å²) in [4.78, 5) is 0. The molecule has 0 aliphatic carbocycles. The molecule has 0 heterocycles. The van der Waals surface area contributed by atoms with E-state index < -0.39 is 5.82 Å². The van der Waals surface area contributed by atoms with E-state index in [0.29, 0.717) is 24.4 Å². The van der Waals surface area contributed by atoms with Crippen LogP contribution in [0.3, 0.4) is 0 Å². The fraction of sp³-hybridized carbons (Fsp3) is 0.500. The van der Waals surface area contributed by atoms with Gasteiger partial charge in [0, 0.05) is 31.0 Å². The molecule has 5 heteroatoms. The van der Waals surface area contributed by atoms with Crippen molar-refractivity contribution >= 4 is 5.69 Å². The van der Waals surface area contributed by atoms with Gasteiger partial charge in [0.15, 0.2) is 11.6 Å². The van der Waals surface area contributed by atoms with Crippen LogP contribution in [0.1, 0.15) is 12.5 Å². The molecule has 0 amide bonds. The van der Waals surface area contributed by atoms with Crippen LogP contribution in [0.2, 0.25) is 0 Å². The molecule has 0 aromatic heterocycles. The molecule has 0 aliphatic heterocycles. The number of anilines is 1. The normalized spacial score (nSPS) is 12.5. The molecule has 1 aromatic rings. The first-order valence-electron chi connectivity index (χ1n) is 5.46. The molecule has 1 unspecified atom stereocenters. The van der Waals surface area contributed by atoms with Crippen molar-refractivity contribution in [1.29, 1.82) is 0 Å². The van der Waals surface area contributed by atoms with E-state index in [9.17, 15) is 4.39 Å². The third kappa shape index (κ3) is 3.87. The van der Waals surface area contributed by atoms with Gasteiger partial charge in [-0.3, -0.25) is 0 Å². The molecule has 0 bridgehead atoms. The van der Waals surface area contributed by atoms with E-state index in [1.807, 2.05) is 6.92 Å². The molecule has 0 saturated heterocycles. The van der Waals surface area contributed by atoms with Crippen LogP contribution in [0.25, 0.3) is 0 Å². The Morgan fingerprint density at radius 1 is 1.47 bits per heavy atom. The van der Waals surface area contributed by atoms with Crippen molar-refractivity contribution in [1.82, 2.24) is 5.32 Å². The Morgan fingerprint density at radius 3 is 2.76 bits per heavy atom. The molecule has 4 nitrogen and oxygen atoms in total. The second-order valence-corrected chi connectivity index (χ2v) is 3.91. The average Bonchev–Trinajstić information content (AvgIpc) is 2.24. The first kappa shape index (κ1) is 13.7. The molecule has 0 spiro atoms. The van der Waals surface area contributed by atoms with Gasteiger partial charge in [-0.2, -0.15) is 0 Å². The van der Waals surface area contributed by atoms with Crippen LogP contribution in [0, 0.1) is 5.82 Å². The van der Waals surface area contributed by atoms with Crippen molar-refractivity contribution < 1.29 is 13.9 Å². The summed E-state index contributed by atoms with van der Waals surface area (Å²) in [5, 5.41) is 2.95. The molecular formula is C12H19FN2O2. The molecule has 1 atom stereocenters. The van der Waals surface area contributed by atoms with Gasteiger partial charge in [0.25, 0.3) is 0 Å². The topological polar surface area (TPSA) is 56.5 Å². The smallest absolute Gasteiger partial charge is 0.167 e. The third-order valence-electron chi connectivity index (χ3n) is 2.23. The molecule has 3 N–H and O–H groups in total. The van der Waals surface area contributed by atoms with E-state index in [1.165, 1.54) is 6.07 Å². The summed E-state index contributed by atoms with van der Waals surface area (Å²) in [5.74, 6) is -0.212. The van der Waals surface area contributed by atoms with Gasteiger partial charge in [0.05, 0.1) is 6.61 Å². The standard InChI is InChI=1S/C12H19FN2O2/c1-8(7-16-3)17-12-9(6-15-2)4-10(14)5-11(12)13/h4-5,8,15H,6-7,14H2,1-3H3.